The number of nitrogens with one attached hydrogen (secondary N) is 2. The molecule has 2 N–H and O–H groups in total. The summed E-state index contributed by atoms with van der Waals surface area (Å²) in [5, 5.41) is 14.3. The zero-order valence-electron chi connectivity index (χ0n) is 18.7. The number of thioether (sulfide) groups is 1. The molecule has 0 radical (unpaired) electrons. The highest BCUT2D eigenvalue weighted by Gasteiger charge is 2.22. The minimum Gasteiger partial charge on any atom is -0.497 e. The molecule has 0 spiro atoms. The molecule has 1 amide bonds. The third-order valence-corrected chi connectivity index (χ3v) is 6.59. The molecule has 7 nitrogen and oxygen atoms in total. The number of ether oxygens (including phenoxy) is 1. The van der Waals surface area contributed by atoms with Crippen molar-refractivity contribution in [2.75, 3.05) is 12.4 Å². The monoisotopic (exact) mass is 470 g/mol. The van der Waals surface area contributed by atoms with E-state index in [0.29, 0.717) is 17.7 Å². The molecular formula is C26H22N4O3S. The second kappa shape index (κ2) is 10.2. The molecule has 0 unspecified atom stereocenters. The second-order valence-corrected chi connectivity index (χ2v) is 8.66. The molecule has 0 aliphatic carbocycles. The number of amides is 1. The molecule has 0 aliphatic rings. The number of carbonyl (C=O) groups excluding carboxylic acids is 1. The van der Waals surface area contributed by atoms with Crippen LogP contribution in [0, 0.1) is 11.3 Å². The van der Waals surface area contributed by atoms with E-state index in [4.69, 9.17) is 4.74 Å². The Morgan fingerprint density at radius 3 is 2.59 bits per heavy atom. The first-order chi connectivity index (χ1) is 16.5. The summed E-state index contributed by atoms with van der Waals surface area (Å²) in [4.78, 5) is 32.9. The van der Waals surface area contributed by atoms with E-state index in [0.717, 1.165) is 28.2 Å². The summed E-state index contributed by atoms with van der Waals surface area (Å²) < 4.78 is 5.18. The lowest BCUT2D eigenvalue weighted by Gasteiger charge is -2.16. The Morgan fingerprint density at radius 2 is 1.88 bits per heavy atom. The van der Waals surface area contributed by atoms with Gasteiger partial charge in [0.05, 0.1) is 18.1 Å². The molecule has 0 aliphatic heterocycles. The summed E-state index contributed by atoms with van der Waals surface area (Å²) >= 11 is 1.16. The quantitative estimate of drug-likeness (QED) is 0.291. The number of hydrogen-bond donors (Lipinski definition) is 2. The normalized spacial score (nSPS) is 11.6. The lowest BCUT2D eigenvalue weighted by atomic mass is 10.1. The van der Waals surface area contributed by atoms with Crippen molar-refractivity contribution in [1.82, 2.24) is 9.97 Å². The fourth-order valence-corrected chi connectivity index (χ4v) is 4.47. The average molecular weight is 471 g/mol. The van der Waals surface area contributed by atoms with Crippen LogP contribution in [0.4, 0.5) is 5.69 Å². The van der Waals surface area contributed by atoms with Crippen molar-refractivity contribution >= 4 is 34.1 Å². The van der Waals surface area contributed by atoms with E-state index in [2.05, 4.69) is 15.3 Å². The first-order valence-corrected chi connectivity index (χ1v) is 11.6. The van der Waals surface area contributed by atoms with Crippen LogP contribution in [-0.2, 0) is 4.79 Å². The van der Waals surface area contributed by atoms with Crippen LogP contribution >= 0.6 is 11.8 Å². The van der Waals surface area contributed by atoms with Gasteiger partial charge in [0, 0.05) is 16.6 Å². The zero-order chi connectivity index (χ0) is 24.1. The summed E-state index contributed by atoms with van der Waals surface area (Å²) in [6, 6.07) is 22.4. The van der Waals surface area contributed by atoms with E-state index in [1.165, 1.54) is 0 Å². The summed E-state index contributed by atoms with van der Waals surface area (Å²) in [7, 11) is 1.56. The summed E-state index contributed by atoms with van der Waals surface area (Å²) in [5.74, 6) is 0.458. The number of H-pyrrole nitrogens is 1. The summed E-state index contributed by atoms with van der Waals surface area (Å²) in [5.41, 5.74) is 0.972. The minimum absolute atomic E-state index is 0.0808. The Bertz CT molecular complexity index is 1440. The number of aromatic amines is 1. The predicted molar refractivity (Wildman–Crippen MR) is 134 cm³/mol. The molecule has 170 valence electrons. The van der Waals surface area contributed by atoms with Gasteiger partial charge in [-0.15, -0.1) is 0 Å². The molecule has 4 rings (SSSR count). The fourth-order valence-electron chi connectivity index (χ4n) is 3.57. The van der Waals surface area contributed by atoms with Gasteiger partial charge < -0.3 is 15.0 Å². The first kappa shape index (κ1) is 23.1. The number of hydrogen-bond acceptors (Lipinski definition) is 6. The van der Waals surface area contributed by atoms with Crippen LogP contribution in [0.25, 0.3) is 22.0 Å². The van der Waals surface area contributed by atoms with Crippen LogP contribution < -0.4 is 15.6 Å². The van der Waals surface area contributed by atoms with Gasteiger partial charge in [0.25, 0.3) is 5.56 Å². The van der Waals surface area contributed by atoms with E-state index >= 15 is 0 Å². The van der Waals surface area contributed by atoms with Gasteiger partial charge >= 0.3 is 0 Å². The van der Waals surface area contributed by atoms with Gasteiger partial charge in [-0.2, -0.15) is 5.26 Å². The second-order valence-electron chi connectivity index (χ2n) is 7.47. The molecule has 4 aromatic rings. The van der Waals surface area contributed by atoms with Crippen molar-refractivity contribution < 1.29 is 9.53 Å². The number of carbonyl (C=O) groups is 1. The average Bonchev–Trinajstić information content (AvgIpc) is 2.87. The van der Waals surface area contributed by atoms with Crippen molar-refractivity contribution in [3.05, 3.63) is 82.6 Å². The van der Waals surface area contributed by atoms with Crippen molar-refractivity contribution in [3.63, 3.8) is 0 Å². The predicted octanol–water partition coefficient (Wildman–Crippen LogP) is 4.98. The third-order valence-electron chi connectivity index (χ3n) is 5.34. The molecule has 8 heteroatoms. The van der Waals surface area contributed by atoms with Crippen LogP contribution in [0.15, 0.2) is 76.7 Å². The van der Waals surface area contributed by atoms with E-state index < -0.39 is 10.8 Å². The number of anilines is 1. The van der Waals surface area contributed by atoms with Crippen LogP contribution in [0.2, 0.25) is 0 Å². The number of benzene rings is 3. The molecule has 34 heavy (non-hydrogen) atoms. The van der Waals surface area contributed by atoms with E-state index in [1.54, 1.807) is 31.4 Å². The Hall–Kier alpha value is -4.09. The molecule has 1 atom stereocenters. The Balaban J connectivity index is 1.62. The molecule has 1 aromatic heterocycles. The number of rotatable bonds is 7. The number of aromatic nitrogens is 2. The molecule has 0 bridgehead atoms. The smallest absolute Gasteiger partial charge is 0.270 e. The van der Waals surface area contributed by atoms with Crippen molar-refractivity contribution in [2.24, 2.45) is 0 Å². The van der Waals surface area contributed by atoms with Crippen LogP contribution in [0.1, 0.15) is 18.9 Å². The highest BCUT2D eigenvalue weighted by Crippen LogP contribution is 2.29. The van der Waals surface area contributed by atoms with Crippen molar-refractivity contribution in [2.45, 2.75) is 23.8 Å². The van der Waals surface area contributed by atoms with Crippen LogP contribution in [0.5, 0.6) is 5.75 Å². The molecule has 1 heterocycles. The lowest BCUT2D eigenvalue weighted by molar-refractivity contribution is -0.115. The number of nitriles is 1. The van der Waals surface area contributed by atoms with Gasteiger partial charge in [0.1, 0.15) is 17.4 Å². The van der Waals surface area contributed by atoms with Gasteiger partial charge in [-0.05, 0) is 42.1 Å². The van der Waals surface area contributed by atoms with Gasteiger partial charge in [-0.25, -0.2) is 4.98 Å². The van der Waals surface area contributed by atoms with Gasteiger partial charge in [-0.3, -0.25) is 9.59 Å². The Labute approximate surface area is 200 Å². The van der Waals surface area contributed by atoms with Gasteiger partial charge in [-0.1, -0.05) is 55.1 Å². The highest BCUT2D eigenvalue weighted by molar-refractivity contribution is 8.00. The molecule has 0 fully saturated rings. The number of methoxy groups -OCH3 is 1. The van der Waals surface area contributed by atoms with Gasteiger partial charge in [0.15, 0.2) is 5.16 Å². The maximum atomic E-state index is 13.1. The molecule has 0 saturated heterocycles. The first-order valence-electron chi connectivity index (χ1n) is 10.7. The summed E-state index contributed by atoms with van der Waals surface area (Å²) in [6.45, 7) is 1.90. The largest absolute Gasteiger partial charge is 0.497 e. The van der Waals surface area contributed by atoms with Crippen molar-refractivity contribution in [1.29, 1.82) is 5.26 Å². The van der Waals surface area contributed by atoms with Crippen LogP contribution in [0.3, 0.4) is 0 Å². The SMILES string of the molecule is CC[C@@H](Sc1nc(-c2ccc(OC)cc2)c(C#N)c(=O)[nH]1)C(=O)Nc1cccc2ccccc12. The minimum atomic E-state index is -0.546. The molecular weight excluding hydrogens is 448 g/mol. The topological polar surface area (TPSA) is 108 Å². The highest BCUT2D eigenvalue weighted by atomic mass is 32.2. The standard InChI is InChI=1S/C26H22N4O3S/c1-3-22(25(32)28-21-10-6-8-16-7-4-5-9-19(16)21)34-26-29-23(20(15-27)24(31)30-26)17-11-13-18(33-2)14-12-17/h4-14,22H,3H2,1-2H3,(H,28,32)(H,29,30,31)/t22-/m1/s1. The summed E-state index contributed by atoms with van der Waals surface area (Å²) in [6.07, 6.45) is 0.517. The Morgan fingerprint density at radius 1 is 1.15 bits per heavy atom. The van der Waals surface area contributed by atoms with Gasteiger partial charge in [0.2, 0.25) is 5.91 Å². The maximum Gasteiger partial charge on any atom is 0.270 e. The van der Waals surface area contributed by atoms with Crippen LogP contribution in [-0.4, -0.2) is 28.2 Å². The van der Waals surface area contributed by atoms with E-state index in [1.807, 2.05) is 55.5 Å². The lowest BCUT2D eigenvalue weighted by Crippen LogP contribution is -2.25. The van der Waals surface area contributed by atoms with E-state index in [-0.39, 0.29) is 22.3 Å². The Kier molecular flexibility index (Phi) is 6.95. The zero-order valence-corrected chi connectivity index (χ0v) is 19.5. The number of nitrogens with zero attached hydrogens (tertiary/aromatic N) is 2. The van der Waals surface area contributed by atoms with Crippen molar-refractivity contribution in [3.8, 4) is 23.1 Å². The van der Waals surface area contributed by atoms with E-state index in [9.17, 15) is 14.9 Å². The third kappa shape index (κ3) is 4.80. The maximum absolute atomic E-state index is 13.1. The fraction of sp³-hybridized carbons (Fsp3) is 0.154. The molecule has 0 saturated carbocycles. The number of fused-ring (bicyclic) bond motifs is 1. The molecule has 3 aromatic carbocycles.